The van der Waals surface area contributed by atoms with Crippen LogP contribution >= 0.6 is 0 Å². The number of carbonyl (C=O) groups excluding carboxylic acids is 1. The van der Waals surface area contributed by atoms with Crippen molar-refractivity contribution in [3.8, 4) is 0 Å². The van der Waals surface area contributed by atoms with E-state index in [1.54, 1.807) is 0 Å². The highest BCUT2D eigenvalue weighted by Crippen LogP contribution is 2.36. The largest absolute Gasteiger partial charge is 0.299 e. The molecule has 0 radical (unpaired) electrons. The Bertz CT molecular complexity index is 332. The molecule has 3 aliphatic rings. The Balaban J connectivity index is 1.68. The number of piperidine rings is 1. The smallest absolute Gasteiger partial charge is 0.137 e. The van der Waals surface area contributed by atoms with Gasteiger partial charge in [-0.25, -0.2) is 0 Å². The van der Waals surface area contributed by atoms with Crippen molar-refractivity contribution in [1.82, 2.24) is 4.90 Å². The van der Waals surface area contributed by atoms with Crippen LogP contribution in [0.4, 0.5) is 0 Å². The van der Waals surface area contributed by atoms with Crippen molar-refractivity contribution >= 4 is 5.78 Å². The van der Waals surface area contributed by atoms with Crippen LogP contribution in [0.1, 0.15) is 77.6 Å². The SMILES string of the molecule is CC1CCC(N2CCCCC2C2CCCCC2=O)CC1. The van der Waals surface area contributed by atoms with E-state index in [1.165, 1.54) is 64.3 Å². The second-order valence-corrected chi connectivity index (χ2v) is 7.53. The van der Waals surface area contributed by atoms with Gasteiger partial charge in [0, 0.05) is 24.4 Å². The van der Waals surface area contributed by atoms with Crippen LogP contribution in [0.3, 0.4) is 0 Å². The molecule has 1 heterocycles. The van der Waals surface area contributed by atoms with Crippen molar-refractivity contribution < 1.29 is 4.79 Å². The highest BCUT2D eigenvalue weighted by atomic mass is 16.1. The van der Waals surface area contributed by atoms with Crippen LogP contribution in [0.5, 0.6) is 0 Å². The topological polar surface area (TPSA) is 20.3 Å². The van der Waals surface area contributed by atoms with E-state index >= 15 is 0 Å². The van der Waals surface area contributed by atoms with E-state index in [4.69, 9.17) is 0 Å². The summed E-state index contributed by atoms with van der Waals surface area (Å²) in [4.78, 5) is 15.1. The molecule has 2 saturated carbocycles. The first-order valence-corrected chi connectivity index (χ1v) is 9.04. The third-order valence-electron chi connectivity index (χ3n) is 6.11. The quantitative estimate of drug-likeness (QED) is 0.754. The van der Waals surface area contributed by atoms with Crippen molar-refractivity contribution in [2.24, 2.45) is 11.8 Å². The summed E-state index contributed by atoms with van der Waals surface area (Å²) < 4.78 is 0. The van der Waals surface area contributed by atoms with Crippen molar-refractivity contribution in [1.29, 1.82) is 0 Å². The number of Topliss-reactive ketones (excluding diaryl/α,β-unsaturated/α-hetero) is 1. The normalized spacial score (nSPS) is 40.8. The van der Waals surface area contributed by atoms with Gasteiger partial charge in [-0.2, -0.15) is 0 Å². The summed E-state index contributed by atoms with van der Waals surface area (Å²) in [7, 11) is 0. The van der Waals surface area contributed by atoms with Crippen LogP contribution < -0.4 is 0 Å². The maximum atomic E-state index is 12.3. The molecule has 2 nitrogen and oxygen atoms in total. The molecule has 114 valence electrons. The Morgan fingerprint density at radius 1 is 0.900 bits per heavy atom. The fraction of sp³-hybridized carbons (Fsp3) is 0.944. The minimum Gasteiger partial charge on any atom is -0.299 e. The summed E-state index contributed by atoms with van der Waals surface area (Å²) in [5, 5.41) is 0. The zero-order valence-electron chi connectivity index (χ0n) is 13.2. The van der Waals surface area contributed by atoms with Crippen molar-refractivity contribution in [3.05, 3.63) is 0 Å². The minimum atomic E-state index is 0.378. The van der Waals surface area contributed by atoms with Gasteiger partial charge in [-0.3, -0.25) is 9.69 Å². The van der Waals surface area contributed by atoms with Gasteiger partial charge < -0.3 is 0 Å². The molecular formula is C18H31NO. The third kappa shape index (κ3) is 3.10. The molecule has 0 aromatic heterocycles. The summed E-state index contributed by atoms with van der Waals surface area (Å²) in [5.41, 5.74) is 0. The summed E-state index contributed by atoms with van der Waals surface area (Å²) in [6.07, 6.45) is 14.0. The Morgan fingerprint density at radius 3 is 2.40 bits per heavy atom. The summed E-state index contributed by atoms with van der Waals surface area (Å²) in [6, 6.07) is 1.38. The van der Waals surface area contributed by atoms with Gasteiger partial charge in [0.2, 0.25) is 0 Å². The molecule has 0 bridgehead atoms. The lowest BCUT2D eigenvalue weighted by Crippen LogP contribution is -2.52. The number of nitrogens with zero attached hydrogens (tertiary/aromatic N) is 1. The van der Waals surface area contributed by atoms with Crippen LogP contribution in [0.25, 0.3) is 0 Å². The molecule has 0 spiro atoms. The van der Waals surface area contributed by atoms with Gasteiger partial charge in [0.05, 0.1) is 0 Å². The summed E-state index contributed by atoms with van der Waals surface area (Å²) in [6.45, 7) is 3.65. The Hall–Kier alpha value is -0.370. The van der Waals surface area contributed by atoms with Crippen LogP contribution in [-0.4, -0.2) is 29.3 Å². The molecule has 0 amide bonds. The zero-order chi connectivity index (χ0) is 13.9. The van der Waals surface area contributed by atoms with Gasteiger partial charge in [-0.05, 0) is 63.8 Å². The minimum absolute atomic E-state index is 0.378. The highest BCUT2D eigenvalue weighted by molar-refractivity contribution is 5.82. The molecule has 20 heavy (non-hydrogen) atoms. The van der Waals surface area contributed by atoms with Gasteiger partial charge in [-0.15, -0.1) is 0 Å². The van der Waals surface area contributed by atoms with Gasteiger partial charge in [0.25, 0.3) is 0 Å². The average molecular weight is 277 g/mol. The van der Waals surface area contributed by atoms with Gasteiger partial charge in [-0.1, -0.05) is 19.8 Å². The lowest BCUT2D eigenvalue weighted by Gasteiger charge is -2.47. The maximum Gasteiger partial charge on any atom is 0.137 e. The predicted molar refractivity (Wildman–Crippen MR) is 82.7 cm³/mol. The Kier molecular flexibility index (Phi) is 4.80. The summed E-state index contributed by atoms with van der Waals surface area (Å²) >= 11 is 0. The Morgan fingerprint density at radius 2 is 1.65 bits per heavy atom. The average Bonchev–Trinajstić information content (AvgIpc) is 2.49. The molecule has 2 atom stereocenters. The first-order valence-electron chi connectivity index (χ1n) is 9.04. The van der Waals surface area contributed by atoms with E-state index in [9.17, 15) is 4.79 Å². The first kappa shape index (κ1) is 14.6. The van der Waals surface area contributed by atoms with Crippen LogP contribution in [0.15, 0.2) is 0 Å². The van der Waals surface area contributed by atoms with Gasteiger partial charge in [0.1, 0.15) is 5.78 Å². The molecule has 1 aliphatic heterocycles. The second-order valence-electron chi connectivity index (χ2n) is 7.53. The zero-order valence-corrected chi connectivity index (χ0v) is 13.2. The molecule has 0 N–H and O–H groups in total. The van der Waals surface area contributed by atoms with E-state index in [0.717, 1.165) is 24.8 Å². The van der Waals surface area contributed by atoms with Crippen LogP contribution in [0, 0.1) is 11.8 Å². The van der Waals surface area contributed by atoms with Gasteiger partial charge >= 0.3 is 0 Å². The number of hydrogen-bond donors (Lipinski definition) is 0. The Labute approximate surface area is 124 Å². The lowest BCUT2D eigenvalue weighted by molar-refractivity contribution is -0.128. The molecule has 0 aromatic rings. The molecule has 1 saturated heterocycles. The molecule has 2 aliphatic carbocycles. The third-order valence-corrected chi connectivity index (χ3v) is 6.11. The number of rotatable bonds is 2. The molecule has 2 heteroatoms. The number of ketones is 1. The molecule has 3 rings (SSSR count). The van der Waals surface area contributed by atoms with E-state index in [1.807, 2.05) is 0 Å². The molecule has 3 fully saturated rings. The number of hydrogen-bond acceptors (Lipinski definition) is 2. The standard InChI is InChI=1S/C18H31NO/c1-14-9-11-15(12-10-14)19-13-5-4-7-17(19)16-6-2-3-8-18(16)20/h14-17H,2-13H2,1H3. The van der Waals surface area contributed by atoms with E-state index in [2.05, 4.69) is 11.8 Å². The molecule has 0 aromatic carbocycles. The first-order chi connectivity index (χ1) is 9.75. The monoisotopic (exact) mass is 277 g/mol. The lowest BCUT2D eigenvalue weighted by atomic mass is 9.77. The second kappa shape index (κ2) is 6.60. The number of carbonyl (C=O) groups is 1. The van der Waals surface area contributed by atoms with Crippen molar-refractivity contribution in [3.63, 3.8) is 0 Å². The molecule has 2 unspecified atom stereocenters. The van der Waals surface area contributed by atoms with Crippen LogP contribution in [-0.2, 0) is 4.79 Å². The van der Waals surface area contributed by atoms with Crippen LogP contribution in [0.2, 0.25) is 0 Å². The fourth-order valence-corrected chi connectivity index (χ4v) is 4.86. The summed E-state index contributed by atoms with van der Waals surface area (Å²) in [5.74, 6) is 1.88. The highest BCUT2D eigenvalue weighted by Gasteiger charge is 2.38. The molecular weight excluding hydrogens is 246 g/mol. The number of likely N-dealkylation sites (tertiary alicyclic amines) is 1. The van der Waals surface area contributed by atoms with Crippen molar-refractivity contribution in [2.75, 3.05) is 6.54 Å². The van der Waals surface area contributed by atoms with Crippen molar-refractivity contribution in [2.45, 2.75) is 89.6 Å². The van der Waals surface area contributed by atoms with Gasteiger partial charge in [0.15, 0.2) is 0 Å². The maximum absolute atomic E-state index is 12.3. The fourth-order valence-electron chi connectivity index (χ4n) is 4.86. The van der Waals surface area contributed by atoms with E-state index in [-0.39, 0.29) is 0 Å². The predicted octanol–water partition coefficient (Wildman–Crippen LogP) is 4.18. The van der Waals surface area contributed by atoms with E-state index < -0.39 is 0 Å². The van der Waals surface area contributed by atoms with E-state index in [0.29, 0.717) is 17.7 Å².